The lowest BCUT2D eigenvalue weighted by Crippen LogP contribution is -2.37. The fraction of sp³-hybridized carbons (Fsp3) is 0.259. The van der Waals surface area contributed by atoms with Crippen molar-refractivity contribution in [2.24, 2.45) is 14.1 Å². The second-order valence-electron chi connectivity index (χ2n) is 8.64. The molecule has 0 saturated heterocycles. The third-order valence-electron chi connectivity index (χ3n) is 6.71. The Balaban J connectivity index is 1.89. The quantitative estimate of drug-likeness (QED) is 0.450. The maximum Gasteiger partial charge on any atom is 0.331 e. The number of hydrogen-bond acceptors (Lipinski definition) is 5. The Labute approximate surface area is 201 Å². The van der Waals surface area contributed by atoms with E-state index in [1.165, 1.54) is 11.6 Å². The van der Waals surface area contributed by atoms with Crippen LogP contribution < -0.4 is 16.0 Å². The van der Waals surface area contributed by atoms with Gasteiger partial charge in [-0.25, -0.2) is 4.79 Å². The van der Waals surface area contributed by atoms with Gasteiger partial charge >= 0.3 is 5.69 Å². The fourth-order valence-corrected chi connectivity index (χ4v) is 5.01. The van der Waals surface area contributed by atoms with E-state index in [9.17, 15) is 14.7 Å². The average Bonchev–Trinajstić information content (AvgIpc) is 3.23. The Hall–Kier alpha value is -4.04. The van der Waals surface area contributed by atoms with Gasteiger partial charge in [0.1, 0.15) is 17.6 Å². The highest BCUT2D eigenvalue weighted by Crippen LogP contribution is 2.43. The van der Waals surface area contributed by atoms with E-state index in [1.807, 2.05) is 47.0 Å². The number of aromatic nitrogens is 3. The summed E-state index contributed by atoms with van der Waals surface area (Å²) < 4.78 is 16.2. The molecule has 0 radical (unpaired) electrons. The molecule has 0 fully saturated rings. The van der Waals surface area contributed by atoms with Gasteiger partial charge in [0, 0.05) is 26.2 Å². The molecular weight excluding hydrogens is 446 g/mol. The zero-order valence-electron chi connectivity index (χ0n) is 19.9. The molecule has 0 amide bonds. The van der Waals surface area contributed by atoms with Crippen LogP contribution in [-0.4, -0.2) is 32.5 Å². The van der Waals surface area contributed by atoms with Gasteiger partial charge in [0.2, 0.25) is 0 Å². The van der Waals surface area contributed by atoms with Crippen molar-refractivity contribution in [3.05, 3.63) is 92.8 Å². The minimum atomic E-state index is -0.666. The molecule has 5 rings (SSSR count). The summed E-state index contributed by atoms with van der Waals surface area (Å²) in [7, 11) is 4.74. The first kappa shape index (κ1) is 22.7. The van der Waals surface area contributed by atoms with Gasteiger partial charge < -0.3 is 19.1 Å². The van der Waals surface area contributed by atoms with E-state index in [4.69, 9.17) is 9.47 Å². The van der Waals surface area contributed by atoms with Crippen LogP contribution in [-0.2, 0) is 31.8 Å². The summed E-state index contributed by atoms with van der Waals surface area (Å²) in [5.41, 5.74) is 3.22. The zero-order chi connectivity index (χ0) is 24.9. The van der Waals surface area contributed by atoms with Crippen molar-refractivity contribution in [2.75, 3.05) is 13.7 Å². The van der Waals surface area contributed by atoms with Gasteiger partial charge in [0.15, 0.2) is 0 Å². The molecule has 3 heterocycles. The standard InChI is InChI=1S/C27H27N3O5/c1-5-7-17-8-6-9-19(24(17)31)25-23-22-20(26(32)29(3)27(33)28(22)2)21(30(23)14-15-35-25)16-10-12-18(34-4)13-11-16/h5-6,8-13,25,31H,1,7,14-15H2,2-4H3/t25-/m1/s1. The van der Waals surface area contributed by atoms with Crippen LogP contribution in [0.3, 0.4) is 0 Å². The highest BCUT2D eigenvalue weighted by molar-refractivity contribution is 5.96. The molecule has 35 heavy (non-hydrogen) atoms. The maximum atomic E-state index is 13.5. The van der Waals surface area contributed by atoms with E-state index >= 15 is 0 Å². The molecule has 0 spiro atoms. The molecule has 2 aromatic carbocycles. The topological polar surface area (TPSA) is 87.6 Å². The van der Waals surface area contributed by atoms with Gasteiger partial charge in [-0.3, -0.25) is 13.9 Å². The summed E-state index contributed by atoms with van der Waals surface area (Å²) in [4.78, 5) is 26.5. The van der Waals surface area contributed by atoms with Crippen LogP contribution in [0.2, 0.25) is 0 Å². The summed E-state index contributed by atoms with van der Waals surface area (Å²) in [6, 6.07) is 13.0. The van der Waals surface area contributed by atoms with Crippen LogP contribution in [0, 0.1) is 0 Å². The molecule has 180 valence electrons. The highest BCUT2D eigenvalue weighted by atomic mass is 16.5. The largest absolute Gasteiger partial charge is 0.507 e. The molecule has 8 nitrogen and oxygen atoms in total. The maximum absolute atomic E-state index is 13.5. The van der Waals surface area contributed by atoms with Crippen LogP contribution in [0.25, 0.3) is 22.2 Å². The normalized spacial score (nSPS) is 15.2. The van der Waals surface area contributed by atoms with Crippen molar-refractivity contribution >= 4 is 10.9 Å². The van der Waals surface area contributed by atoms with Crippen molar-refractivity contribution in [2.45, 2.75) is 19.1 Å². The summed E-state index contributed by atoms with van der Waals surface area (Å²) in [5, 5.41) is 11.5. The first-order valence-electron chi connectivity index (χ1n) is 11.4. The van der Waals surface area contributed by atoms with Crippen molar-refractivity contribution < 1.29 is 14.6 Å². The molecule has 0 bridgehead atoms. The average molecular weight is 474 g/mol. The number of fused-ring (bicyclic) bond motifs is 3. The number of aromatic hydroxyl groups is 1. The minimum absolute atomic E-state index is 0.125. The molecular formula is C27H27N3O5. The van der Waals surface area contributed by atoms with E-state index < -0.39 is 11.8 Å². The lowest BCUT2D eigenvalue weighted by molar-refractivity contribution is 0.0464. The first-order valence-corrected chi connectivity index (χ1v) is 11.4. The number of para-hydroxylation sites is 1. The van der Waals surface area contributed by atoms with Crippen molar-refractivity contribution in [3.8, 4) is 22.8 Å². The van der Waals surface area contributed by atoms with Crippen molar-refractivity contribution in [1.82, 2.24) is 13.7 Å². The third-order valence-corrected chi connectivity index (χ3v) is 6.71. The van der Waals surface area contributed by atoms with Crippen LogP contribution in [0.15, 0.2) is 64.7 Å². The first-order chi connectivity index (χ1) is 16.9. The van der Waals surface area contributed by atoms with E-state index in [0.29, 0.717) is 53.2 Å². The number of benzene rings is 2. The third kappa shape index (κ3) is 3.40. The van der Waals surface area contributed by atoms with Gasteiger partial charge in [-0.15, -0.1) is 6.58 Å². The van der Waals surface area contributed by atoms with Crippen LogP contribution in [0.5, 0.6) is 11.5 Å². The van der Waals surface area contributed by atoms with Crippen LogP contribution >= 0.6 is 0 Å². The zero-order valence-corrected chi connectivity index (χ0v) is 19.9. The SMILES string of the molecule is C=CCc1cccc([C@H]2OCCn3c(-c4ccc(OC)cc4)c4c(=O)n(C)c(=O)n(C)c4c32)c1O. The molecule has 1 N–H and O–H groups in total. The number of rotatable bonds is 5. The summed E-state index contributed by atoms with van der Waals surface area (Å²) in [6.07, 6.45) is 1.57. The number of allylic oxidation sites excluding steroid dienone is 1. The summed E-state index contributed by atoms with van der Waals surface area (Å²) in [6.45, 7) is 4.64. The molecule has 2 aromatic heterocycles. The predicted octanol–water partition coefficient (Wildman–Crippen LogP) is 3.27. The molecule has 1 atom stereocenters. The van der Waals surface area contributed by atoms with E-state index in [0.717, 1.165) is 15.7 Å². The molecule has 4 aromatic rings. The molecule has 0 aliphatic carbocycles. The Morgan fingerprint density at radius 2 is 1.89 bits per heavy atom. The number of methoxy groups -OCH3 is 1. The Kier molecular flexibility index (Phi) is 5.61. The van der Waals surface area contributed by atoms with E-state index in [1.54, 1.807) is 20.2 Å². The van der Waals surface area contributed by atoms with Crippen molar-refractivity contribution in [3.63, 3.8) is 0 Å². The highest BCUT2D eigenvalue weighted by Gasteiger charge is 2.34. The number of hydrogen-bond donors (Lipinski definition) is 1. The number of ether oxygens (including phenoxy) is 2. The lowest BCUT2D eigenvalue weighted by Gasteiger charge is -2.28. The van der Waals surface area contributed by atoms with Gasteiger partial charge in [0.05, 0.1) is 36.0 Å². The summed E-state index contributed by atoms with van der Waals surface area (Å²) >= 11 is 0. The second kappa shape index (κ2) is 8.63. The lowest BCUT2D eigenvalue weighted by atomic mass is 9.99. The van der Waals surface area contributed by atoms with Crippen molar-refractivity contribution in [1.29, 1.82) is 0 Å². The Bertz CT molecular complexity index is 1570. The fourth-order valence-electron chi connectivity index (χ4n) is 5.01. The Morgan fingerprint density at radius 1 is 1.14 bits per heavy atom. The van der Waals surface area contributed by atoms with Crippen LogP contribution in [0.1, 0.15) is 22.9 Å². The van der Waals surface area contributed by atoms with Crippen LogP contribution in [0.4, 0.5) is 0 Å². The van der Waals surface area contributed by atoms with Gasteiger partial charge in [-0.2, -0.15) is 0 Å². The predicted molar refractivity (Wildman–Crippen MR) is 134 cm³/mol. The monoisotopic (exact) mass is 473 g/mol. The van der Waals surface area contributed by atoms with E-state index in [-0.39, 0.29) is 11.3 Å². The molecule has 8 heteroatoms. The second-order valence-corrected chi connectivity index (χ2v) is 8.64. The van der Waals surface area contributed by atoms with Gasteiger partial charge in [0.25, 0.3) is 5.56 Å². The number of nitrogens with zero attached hydrogens (tertiary/aromatic N) is 3. The van der Waals surface area contributed by atoms with Gasteiger partial charge in [-0.05, 0) is 41.8 Å². The smallest absolute Gasteiger partial charge is 0.331 e. The van der Waals surface area contributed by atoms with E-state index in [2.05, 4.69) is 6.58 Å². The van der Waals surface area contributed by atoms with Gasteiger partial charge in [-0.1, -0.05) is 24.3 Å². The molecule has 0 unspecified atom stereocenters. The minimum Gasteiger partial charge on any atom is -0.507 e. The number of phenolic OH excluding ortho intramolecular Hbond substituents is 1. The molecule has 1 aliphatic rings. The number of phenols is 1. The molecule has 1 aliphatic heterocycles. The summed E-state index contributed by atoms with van der Waals surface area (Å²) in [5.74, 6) is 0.828. The molecule has 0 saturated carbocycles. The number of aryl methyl sites for hydroxylation is 1. The Morgan fingerprint density at radius 3 is 2.57 bits per heavy atom.